The van der Waals surface area contributed by atoms with Crippen molar-refractivity contribution in [2.24, 2.45) is 0 Å². The number of pyridine rings is 1. The van der Waals surface area contributed by atoms with Crippen molar-refractivity contribution in [2.45, 2.75) is 25.2 Å². The third-order valence-electron chi connectivity index (χ3n) is 6.26. The largest absolute Gasteiger partial charge is 0.339 e. The van der Waals surface area contributed by atoms with Gasteiger partial charge in [0.25, 0.3) is 5.91 Å². The number of benzene rings is 2. The van der Waals surface area contributed by atoms with Crippen molar-refractivity contribution in [3.8, 4) is 0 Å². The summed E-state index contributed by atoms with van der Waals surface area (Å²) >= 11 is 0. The lowest BCUT2D eigenvalue weighted by Crippen LogP contribution is -2.38. The predicted molar refractivity (Wildman–Crippen MR) is 133 cm³/mol. The van der Waals surface area contributed by atoms with Gasteiger partial charge in [-0.3, -0.25) is 9.78 Å². The molecule has 0 unspecified atom stereocenters. The molecule has 6 nitrogen and oxygen atoms in total. The first-order valence-electron chi connectivity index (χ1n) is 11.8. The summed E-state index contributed by atoms with van der Waals surface area (Å²) < 4.78 is 13.2. The molecule has 0 radical (unpaired) electrons. The Kier molecular flexibility index (Phi) is 6.75. The molecular formula is C28H26FN5O. The first-order valence-corrected chi connectivity index (χ1v) is 11.8. The van der Waals surface area contributed by atoms with Gasteiger partial charge in [-0.15, -0.1) is 0 Å². The number of carbonyl (C=O) groups is 1. The fourth-order valence-corrected chi connectivity index (χ4v) is 4.42. The molecule has 0 spiro atoms. The number of hydrogen-bond acceptors (Lipinski definition) is 5. The van der Waals surface area contributed by atoms with E-state index in [1.54, 1.807) is 30.6 Å². The highest BCUT2D eigenvalue weighted by Gasteiger charge is 2.25. The average molecular weight is 468 g/mol. The topological polar surface area (TPSA) is 71.0 Å². The average Bonchev–Trinajstić information content (AvgIpc) is 2.91. The lowest BCUT2D eigenvalue weighted by molar-refractivity contribution is 0.0712. The lowest BCUT2D eigenvalue weighted by atomic mass is 9.92. The third kappa shape index (κ3) is 5.69. The van der Waals surface area contributed by atoms with Gasteiger partial charge in [0.15, 0.2) is 0 Å². The number of carbonyl (C=O) groups excluding carboxylic acids is 1. The first-order chi connectivity index (χ1) is 17.1. The van der Waals surface area contributed by atoms with E-state index in [2.05, 4.69) is 21.4 Å². The maximum absolute atomic E-state index is 13.2. The number of hydrogen-bond donors (Lipinski definition) is 1. The van der Waals surface area contributed by atoms with Crippen LogP contribution in [0.25, 0.3) is 0 Å². The minimum Gasteiger partial charge on any atom is -0.339 e. The van der Waals surface area contributed by atoms with Crippen molar-refractivity contribution in [2.75, 3.05) is 18.4 Å². The summed E-state index contributed by atoms with van der Waals surface area (Å²) in [6, 6.07) is 21.9. The number of rotatable bonds is 6. The number of halogens is 1. The van der Waals surface area contributed by atoms with E-state index in [0.717, 1.165) is 35.5 Å². The Hall–Kier alpha value is -4.13. The van der Waals surface area contributed by atoms with Gasteiger partial charge in [-0.2, -0.15) is 0 Å². The molecule has 2 aromatic heterocycles. The second-order valence-electron chi connectivity index (χ2n) is 8.70. The Bertz CT molecular complexity index is 1290. The Morgan fingerprint density at radius 1 is 0.943 bits per heavy atom. The SMILES string of the molecule is O=C(c1cccc(Nc2ncccn2)c1)N1CCC(c2cccc(Cc3ccc(F)cc3)n2)CC1. The summed E-state index contributed by atoms with van der Waals surface area (Å²) in [6.45, 7) is 1.37. The van der Waals surface area contributed by atoms with Crippen LogP contribution in [-0.4, -0.2) is 38.8 Å². The Morgan fingerprint density at radius 2 is 1.69 bits per heavy atom. The number of likely N-dealkylation sites (tertiary alicyclic amines) is 1. The zero-order valence-corrected chi connectivity index (χ0v) is 19.3. The maximum atomic E-state index is 13.2. The highest BCUT2D eigenvalue weighted by atomic mass is 19.1. The second kappa shape index (κ2) is 10.4. The van der Waals surface area contributed by atoms with Crippen LogP contribution in [-0.2, 0) is 6.42 Å². The smallest absolute Gasteiger partial charge is 0.253 e. The summed E-state index contributed by atoms with van der Waals surface area (Å²) in [5.74, 6) is 0.603. The number of nitrogens with zero attached hydrogens (tertiary/aromatic N) is 4. The summed E-state index contributed by atoms with van der Waals surface area (Å²) in [5.41, 5.74) is 4.49. The zero-order chi connectivity index (χ0) is 24.0. The Morgan fingerprint density at radius 3 is 2.46 bits per heavy atom. The van der Waals surface area contributed by atoms with Gasteiger partial charge in [-0.1, -0.05) is 24.3 Å². The van der Waals surface area contributed by atoms with Crippen LogP contribution in [0.3, 0.4) is 0 Å². The van der Waals surface area contributed by atoms with E-state index in [-0.39, 0.29) is 11.7 Å². The van der Waals surface area contributed by atoms with Crippen LogP contribution < -0.4 is 5.32 Å². The van der Waals surface area contributed by atoms with Gasteiger partial charge < -0.3 is 10.2 Å². The molecule has 3 heterocycles. The quantitative estimate of drug-likeness (QED) is 0.413. The van der Waals surface area contributed by atoms with Crippen molar-refractivity contribution < 1.29 is 9.18 Å². The van der Waals surface area contributed by atoms with E-state index < -0.39 is 0 Å². The number of amides is 1. The number of nitrogens with one attached hydrogen (secondary N) is 1. The Labute approximate surface area is 203 Å². The first kappa shape index (κ1) is 22.7. The second-order valence-corrected chi connectivity index (χ2v) is 8.70. The molecule has 5 rings (SSSR count). The minimum absolute atomic E-state index is 0.0269. The van der Waals surface area contributed by atoms with Crippen LogP contribution in [0.4, 0.5) is 16.0 Å². The summed E-state index contributed by atoms with van der Waals surface area (Å²) in [4.78, 5) is 28.3. The van der Waals surface area contributed by atoms with E-state index in [1.165, 1.54) is 12.1 Å². The monoisotopic (exact) mass is 467 g/mol. The zero-order valence-electron chi connectivity index (χ0n) is 19.3. The maximum Gasteiger partial charge on any atom is 0.253 e. The van der Waals surface area contributed by atoms with Crippen molar-refractivity contribution in [1.82, 2.24) is 19.9 Å². The van der Waals surface area contributed by atoms with Gasteiger partial charge in [0, 0.05) is 60.5 Å². The lowest BCUT2D eigenvalue weighted by Gasteiger charge is -2.32. The minimum atomic E-state index is -0.232. The van der Waals surface area contributed by atoms with Gasteiger partial charge in [0.05, 0.1) is 0 Å². The summed E-state index contributed by atoms with van der Waals surface area (Å²) in [5, 5.41) is 3.14. The molecule has 1 fully saturated rings. The van der Waals surface area contributed by atoms with Gasteiger partial charge in [0.1, 0.15) is 5.82 Å². The van der Waals surface area contributed by atoms with E-state index in [1.807, 2.05) is 41.3 Å². The molecule has 0 saturated carbocycles. The van der Waals surface area contributed by atoms with Gasteiger partial charge in [-0.25, -0.2) is 14.4 Å². The molecule has 4 aromatic rings. The molecule has 1 aliphatic rings. The fourth-order valence-electron chi connectivity index (χ4n) is 4.42. The molecule has 176 valence electrons. The molecule has 1 aliphatic heterocycles. The molecule has 0 bridgehead atoms. The van der Waals surface area contributed by atoms with Crippen LogP contribution in [0.1, 0.15) is 46.1 Å². The van der Waals surface area contributed by atoms with Crippen LogP contribution in [0.5, 0.6) is 0 Å². The standard InChI is InChI=1S/C28H26FN5O/c29-23-10-8-20(9-11-23)18-24-6-2-7-26(32-24)21-12-16-34(17-13-21)27(35)22-4-1-5-25(19-22)33-28-30-14-3-15-31-28/h1-11,14-15,19,21H,12-13,16-18H2,(H,30,31,33). The van der Waals surface area contributed by atoms with Gasteiger partial charge in [-0.05, 0) is 66.9 Å². The molecule has 1 amide bonds. The van der Waals surface area contributed by atoms with Crippen molar-refractivity contribution in [3.63, 3.8) is 0 Å². The van der Waals surface area contributed by atoms with E-state index in [4.69, 9.17) is 4.98 Å². The summed E-state index contributed by atoms with van der Waals surface area (Å²) in [7, 11) is 0. The van der Waals surface area contributed by atoms with Crippen molar-refractivity contribution in [1.29, 1.82) is 0 Å². The van der Waals surface area contributed by atoms with Gasteiger partial charge in [0.2, 0.25) is 5.95 Å². The number of piperidine rings is 1. The van der Waals surface area contributed by atoms with Crippen molar-refractivity contribution >= 4 is 17.5 Å². The van der Waals surface area contributed by atoms with E-state index in [9.17, 15) is 9.18 Å². The van der Waals surface area contributed by atoms with Crippen LogP contribution in [0.15, 0.2) is 85.2 Å². The molecule has 7 heteroatoms. The molecule has 0 atom stereocenters. The van der Waals surface area contributed by atoms with Gasteiger partial charge >= 0.3 is 0 Å². The van der Waals surface area contributed by atoms with Crippen LogP contribution >= 0.6 is 0 Å². The molecule has 1 saturated heterocycles. The predicted octanol–water partition coefficient (Wildman–Crippen LogP) is 5.36. The fraction of sp³-hybridized carbons (Fsp3) is 0.214. The molecule has 0 aliphatic carbocycles. The van der Waals surface area contributed by atoms with E-state index in [0.29, 0.717) is 36.9 Å². The molecule has 35 heavy (non-hydrogen) atoms. The highest BCUT2D eigenvalue weighted by Crippen LogP contribution is 2.28. The number of aromatic nitrogens is 3. The summed E-state index contributed by atoms with van der Waals surface area (Å²) in [6.07, 6.45) is 5.75. The molecule has 1 N–H and O–H groups in total. The Balaban J connectivity index is 1.20. The third-order valence-corrected chi connectivity index (χ3v) is 6.26. The van der Waals surface area contributed by atoms with E-state index >= 15 is 0 Å². The normalized spacial score (nSPS) is 14.0. The molecular weight excluding hydrogens is 441 g/mol. The number of anilines is 2. The molecule has 2 aromatic carbocycles. The van der Waals surface area contributed by atoms with Crippen LogP contribution in [0.2, 0.25) is 0 Å². The van der Waals surface area contributed by atoms with Crippen molar-refractivity contribution in [3.05, 3.63) is 114 Å². The highest BCUT2D eigenvalue weighted by molar-refractivity contribution is 5.95. The van der Waals surface area contributed by atoms with Crippen LogP contribution in [0, 0.1) is 5.82 Å².